The van der Waals surface area contributed by atoms with Gasteiger partial charge in [-0.15, -0.1) is 0 Å². The van der Waals surface area contributed by atoms with Gasteiger partial charge in [0.1, 0.15) is 0 Å². The summed E-state index contributed by atoms with van der Waals surface area (Å²) in [6.07, 6.45) is 0.656. The van der Waals surface area contributed by atoms with Crippen LogP contribution in [0, 0.1) is 5.41 Å². The van der Waals surface area contributed by atoms with Crippen molar-refractivity contribution in [3.05, 3.63) is 24.3 Å². The fourth-order valence-corrected chi connectivity index (χ4v) is 2.20. The van der Waals surface area contributed by atoms with Gasteiger partial charge in [0.2, 0.25) is 0 Å². The minimum absolute atomic E-state index is 0.0276. The highest BCUT2D eigenvalue weighted by Gasteiger charge is 2.47. The van der Waals surface area contributed by atoms with E-state index < -0.39 is 0 Å². The second kappa shape index (κ2) is 4.22. The van der Waals surface area contributed by atoms with Crippen molar-refractivity contribution in [2.45, 2.75) is 32.4 Å². The Balaban J connectivity index is 2.01. The second-order valence-electron chi connectivity index (χ2n) is 5.71. The summed E-state index contributed by atoms with van der Waals surface area (Å²) < 4.78 is 0. The Labute approximate surface area is 103 Å². The zero-order valence-electron chi connectivity index (χ0n) is 11.1. The SMILES string of the molecule is CN(C)c1ccc(NC2CC(O)C2(C)C)cc1. The fraction of sp³-hybridized carbons (Fsp3) is 0.571. The molecule has 94 valence electrons. The molecule has 1 aromatic rings. The Bertz CT molecular complexity index is 384. The molecule has 0 radical (unpaired) electrons. The molecule has 2 unspecified atom stereocenters. The standard InChI is InChI=1S/C14H22N2O/c1-14(2)12(9-13(14)17)15-10-5-7-11(8-6-10)16(3)4/h5-8,12-13,15,17H,9H2,1-4H3. The maximum absolute atomic E-state index is 9.69. The molecule has 2 N–H and O–H groups in total. The molecule has 1 aromatic carbocycles. The van der Waals surface area contributed by atoms with Gasteiger partial charge in [-0.3, -0.25) is 0 Å². The van der Waals surface area contributed by atoms with E-state index in [9.17, 15) is 5.11 Å². The molecule has 0 bridgehead atoms. The lowest BCUT2D eigenvalue weighted by Gasteiger charge is -2.49. The lowest BCUT2D eigenvalue weighted by atomic mass is 9.64. The van der Waals surface area contributed by atoms with E-state index in [4.69, 9.17) is 0 Å². The molecule has 2 rings (SSSR count). The number of aliphatic hydroxyl groups excluding tert-OH is 1. The van der Waals surface area contributed by atoms with Gasteiger partial charge in [-0.1, -0.05) is 13.8 Å². The van der Waals surface area contributed by atoms with Gasteiger partial charge in [-0.25, -0.2) is 0 Å². The third-order valence-corrected chi connectivity index (χ3v) is 3.94. The van der Waals surface area contributed by atoms with Crippen LogP contribution in [0.25, 0.3) is 0 Å². The first-order valence-corrected chi connectivity index (χ1v) is 6.13. The Morgan fingerprint density at radius 3 is 2.24 bits per heavy atom. The fourth-order valence-electron chi connectivity index (χ4n) is 2.20. The van der Waals surface area contributed by atoms with Gasteiger partial charge < -0.3 is 15.3 Å². The number of anilines is 2. The molecule has 1 fully saturated rings. The quantitative estimate of drug-likeness (QED) is 0.842. The summed E-state index contributed by atoms with van der Waals surface area (Å²) in [5.41, 5.74) is 2.30. The first kappa shape index (κ1) is 12.2. The van der Waals surface area contributed by atoms with Crippen LogP contribution in [-0.2, 0) is 0 Å². The topological polar surface area (TPSA) is 35.5 Å². The Kier molecular flexibility index (Phi) is 3.04. The van der Waals surface area contributed by atoms with Crippen LogP contribution in [0.1, 0.15) is 20.3 Å². The average molecular weight is 234 g/mol. The maximum Gasteiger partial charge on any atom is 0.0630 e. The lowest BCUT2D eigenvalue weighted by Crippen LogP contribution is -2.56. The molecular formula is C14H22N2O. The third-order valence-electron chi connectivity index (χ3n) is 3.94. The molecule has 0 saturated heterocycles. The number of hydrogen-bond donors (Lipinski definition) is 2. The van der Waals surface area contributed by atoms with Crippen LogP contribution in [0.4, 0.5) is 11.4 Å². The number of nitrogens with zero attached hydrogens (tertiary/aromatic N) is 1. The summed E-state index contributed by atoms with van der Waals surface area (Å²) in [5, 5.41) is 13.2. The minimum atomic E-state index is -0.180. The highest BCUT2D eigenvalue weighted by atomic mass is 16.3. The summed E-state index contributed by atoms with van der Waals surface area (Å²) in [6, 6.07) is 8.75. The molecule has 3 heteroatoms. The predicted molar refractivity (Wildman–Crippen MR) is 72.6 cm³/mol. The zero-order valence-corrected chi connectivity index (χ0v) is 11.1. The van der Waals surface area contributed by atoms with Crippen molar-refractivity contribution in [3.8, 4) is 0 Å². The number of aliphatic hydroxyl groups is 1. The van der Waals surface area contributed by atoms with Crippen LogP contribution >= 0.6 is 0 Å². The molecule has 0 aromatic heterocycles. The molecule has 3 nitrogen and oxygen atoms in total. The number of hydrogen-bond acceptors (Lipinski definition) is 3. The summed E-state index contributed by atoms with van der Waals surface area (Å²) >= 11 is 0. The highest BCUT2D eigenvalue weighted by molar-refractivity contribution is 5.55. The molecule has 1 aliphatic carbocycles. The van der Waals surface area contributed by atoms with E-state index >= 15 is 0 Å². The van der Waals surface area contributed by atoms with Crippen LogP contribution in [0.3, 0.4) is 0 Å². The molecule has 1 saturated carbocycles. The minimum Gasteiger partial charge on any atom is -0.392 e. The molecule has 0 heterocycles. The molecular weight excluding hydrogens is 212 g/mol. The van der Waals surface area contributed by atoms with Crippen LogP contribution in [0.5, 0.6) is 0 Å². The number of rotatable bonds is 3. The van der Waals surface area contributed by atoms with E-state index in [1.165, 1.54) is 5.69 Å². The van der Waals surface area contributed by atoms with Gasteiger partial charge in [0.15, 0.2) is 0 Å². The van der Waals surface area contributed by atoms with Crippen molar-refractivity contribution in [3.63, 3.8) is 0 Å². The molecule has 17 heavy (non-hydrogen) atoms. The first-order valence-electron chi connectivity index (χ1n) is 6.13. The van der Waals surface area contributed by atoms with Gasteiger partial charge in [-0.2, -0.15) is 0 Å². The average Bonchev–Trinajstić information content (AvgIpc) is 2.29. The van der Waals surface area contributed by atoms with Gasteiger partial charge in [0.25, 0.3) is 0 Å². The maximum atomic E-state index is 9.69. The van der Waals surface area contributed by atoms with Crippen molar-refractivity contribution in [2.75, 3.05) is 24.3 Å². The van der Waals surface area contributed by atoms with E-state index in [0.29, 0.717) is 6.04 Å². The van der Waals surface area contributed by atoms with Crippen molar-refractivity contribution < 1.29 is 5.11 Å². The van der Waals surface area contributed by atoms with Crippen LogP contribution in [-0.4, -0.2) is 31.3 Å². The number of benzene rings is 1. The van der Waals surface area contributed by atoms with Gasteiger partial charge in [0, 0.05) is 36.9 Å². The van der Waals surface area contributed by atoms with Gasteiger partial charge >= 0.3 is 0 Å². The Morgan fingerprint density at radius 2 is 1.82 bits per heavy atom. The summed E-state index contributed by atoms with van der Waals surface area (Å²) in [7, 11) is 4.07. The van der Waals surface area contributed by atoms with Gasteiger partial charge in [0.05, 0.1) is 6.10 Å². The smallest absolute Gasteiger partial charge is 0.0630 e. The normalized spacial score (nSPS) is 26.2. The third kappa shape index (κ3) is 2.25. The zero-order chi connectivity index (χ0) is 12.6. The van der Waals surface area contributed by atoms with E-state index in [1.54, 1.807) is 0 Å². The Morgan fingerprint density at radius 1 is 1.24 bits per heavy atom. The second-order valence-corrected chi connectivity index (χ2v) is 5.71. The van der Waals surface area contributed by atoms with E-state index in [0.717, 1.165) is 12.1 Å². The van der Waals surface area contributed by atoms with Crippen LogP contribution in [0.15, 0.2) is 24.3 Å². The summed E-state index contributed by atoms with van der Waals surface area (Å²) in [5.74, 6) is 0. The molecule has 0 aliphatic heterocycles. The van der Waals surface area contributed by atoms with E-state index in [1.807, 2.05) is 14.1 Å². The van der Waals surface area contributed by atoms with Gasteiger partial charge in [-0.05, 0) is 30.7 Å². The van der Waals surface area contributed by atoms with E-state index in [-0.39, 0.29) is 11.5 Å². The largest absolute Gasteiger partial charge is 0.392 e. The lowest BCUT2D eigenvalue weighted by molar-refractivity contribution is -0.0510. The predicted octanol–water partition coefficient (Wildman–Crippen LogP) is 2.32. The highest BCUT2D eigenvalue weighted by Crippen LogP contribution is 2.42. The van der Waals surface area contributed by atoms with Crippen LogP contribution < -0.4 is 10.2 Å². The van der Waals surface area contributed by atoms with E-state index in [2.05, 4.69) is 48.3 Å². The number of nitrogens with one attached hydrogen (secondary N) is 1. The summed E-state index contributed by atoms with van der Waals surface area (Å²) in [4.78, 5) is 2.08. The van der Waals surface area contributed by atoms with Crippen molar-refractivity contribution >= 4 is 11.4 Å². The van der Waals surface area contributed by atoms with Crippen molar-refractivity contribution in [1.29, 1.82) is 0 Å². The van der Waals surface area contributed by atoms with Crippen LogP contribution in [0.2, 0.25) is 0 Å². The molecule has 2 atom stereocenters. The monoisotopic (exact) mass is 234 g/mol. The molecule has 0 spiro atoms. The van der Waals surface area contributed by atoms with Crippen molar-refractivity contribution in [1.82, 2.24) is 0 Å². The summed E-state index contributed by atoms with van der Waals surface area (Å²) in [6.45, 7) is 4.21. The molecule has 0 amide bonds. The Hall–Kier alpha value is -1.22. The molecule has 1 aliphatic rings. The van der Waals surface area contributed by atoms with Crippen molar-refractivity contribution in [2.24, 2.45) is 5.41 Å². The first-order chi connectivity index (χ1) is 7.91.